The number of aryl methyl sites for hydroxylation is 3. The smallest absolute Gasteiger partial charge is 0.256 e. The molecule has 0 bridgehead atoms. The highest BCUT2D eigenvalue weighted by atomic mass is 32.2. The number of hydrogen-bond donors (Lipinski definition) is 0. The largest absolute Gasteiger partial charge is 0.437 e. The van der Waals surface area contributed by atoms with E-state index in [-0.39, 0.29) is 5.78 Å². The van der Waals surface area contributed by atoms with Gasteiger partial charge in [0.2, 0.25) is 0 Å². The molecule has 4 nitrogen and oxygen atoms in total. The van der Waals surface area contributed by atoms with Crippen molar-refractivity contribution in [3.05, 3.63) is 47.1 Å². The number of thioether (sulfide) groups is 1. The number of Topliss-reactive ketones (excluding diaryl/α,β-unsaturated/α-hetero) is 1. The molecule has 0 amide bonds. The van der Waals surface area contributed by atoms with Crippen LogP contribution in [0.4, 0.5) is 0 Å². The van der Waals surface area contributed by atoms with Crippen molar-refractivity contribution in [2.75, 3.05) is 5.75 Å². The van der Waals surface area contributed by atoms with E-state index < -0.39 is 0 Å². The molecule has 2 heterocycles. The van der Waals surface area contributed by atoms with Crippen LogP contribution in [0.5, 0.6) is 0 Å². The summed E-state index contributed by atoms with van der Waals surface area (Å²) in [5, 5.41) is 0.554. The van der Waals surface area contributed by atoms with E-state index in [1.54, 1.807) is 0 Å². The molecule has 0 saturated heterocycles. The van der Waals surface area contributed by atoms with Gasteiger partial charge in [-0.25, -0.2) is 4.98 Å². The third-order valence-corrected chi connectivity index (χ3v) is 4.35. The van der Waals surface area contributed by atoms with E-state index in [2.05, 4.69) is 16.1 Å². The van der Waals surface area contributed by atoms with Crippen LogP contribution in [0.1, 0.15) is 33.2 Å². The average Bonchev–Trinajstić information content (AvgIpc) is 2.90. The van der Waals surface area contributed by atoms with Crippen LogP contribution in [0.3, 0.4) is 0 Å². The molecule has 0 aliphatic carbocycles. The van der Waals surface area contributed by atoms with Gasteiger partial charge in [0.15, 0.2) is 5.78 Å². The normalized spacial score (nSPS) is 10.9. The number of ketones is 1. The lowest BCUT2D eigenvalue weighted by molar-refractivity contribution is 0.102. The van der Waals surface area contributed by atoms with Gasteiger partial charge in [-0.2, -0.15) is 0 Å². The number of rotatable bonds is 6. The SMILES string of the molecule is C=CCn1c(C)cc(C(=O)CSc2nc(C)c(C)o2)c1C. The van der Waals surface area contributed by atoms with Crippen LogP contribution in [-0.4, -0.2) is 21.1 Å². The Morgan fingerprint density at radius 1 is 1.43 bits per heavy atom. The molecule has 0 radical (unpaired) electrons. The first-order valence-corrected chi connectivity index (χ1v) is 7.80. The third-order valence-electron chi connectivity index (χ3n) is 3.52. The molecule has 0 aromatic carbocycles. The maximum absolute atomic E-state index is 12.4. The van der Waals surface area contributed by atoms with Gasteiger partial charge in [-0.1, -0.05) is 17.8 Å². The minimum Gasteiger partial charge on any atom is -0.437 e. The lowest BCUT2D eigenvalue weighted by Gasteiger charge is -2.05. The van der Waals surface area contributed by atoms with Gasteiger partial charge in [-0.15, -0.1) is 6.58 Å². The van der Waals surface area contributed by atoms with Crippen molar-refractivity contribution in [3.63, 3.8) is 0 Å². The van der Waals surface area contributed by atoms with E-state index >= 15 is 0 Å². The third kappa shape index (κ3) is 3.29. The highest BCUT2D eigenvalue weighted by molar-refractivity contribution is 7.99. The van der Waals surface area contributed by atoms with Gasteiger partial charge in [0.1, 0.15) is 5.76 Å². The number of carbonyl (C=O) groups is 1. The zero-order chi connectivity index (χ0) is 15.6. The zero-order valence-electron chi connectivity index (χ0n) is 12.9. The summed E-state index contributed by atoms with van der Waals surface area (Å²) in [5.74, 6) is 1.23. The van der Waals surface area contributed by atoms with Crippen molar-refractivity contribution in [1.29, 1.82) is 0 Å². The highest BCUT2D eigenvalue weighted by Gasteiger charge is 2.16. The Morgan fingerprint density at radius 3 is 2.71 bits per heavy atom. The lowest BCUT2D eigenvalue weighted by atomic mass is 10.2. The Labute approximate surface area is 129 Å². The van der Waals surface area contributed by atoms with Crippen LogP contribution in [0.15, 0.2) is 28.4 Å². The summed E-state index contributed by atoms with van der Waals surface area (Å²) in [6, 6.07) is 1.94. The molecule has 0 atom stereocenters. The van der Waals surface area contributed by atoms with E-state index in [0.29, 0.717) is 11.0 Å². The molecule has 0 unspecified atom stereocenters. The number of oxazole rings is 1. The molecule has 2 aromatic rings. The standard InChI is InChI=1S/C16H20N2O2S/c1-6-7-18-10(2)8-14(12(18)4)15(19)9-21-16-17-11(3)13(5)20-16/h6,8H,1,7,9H2,2-5H3. The highest BCUT2D eigenvalue weighted by Crippen LogP contribution is 2.23. The van der Waals surface area contributed by atoms with Gasteiger partial charge < -0.3 is 8.98 Å². The van der Waals surface area contributed by atoms with Gasteiger partial charge in [0.25, 0.3) is 5.22 Å². The molecule has 21 heavy (non-hydrogen) atoms. The van der Waals surface area contributed by atoms with Gasteiger partial charge in [-0.3, -0.25) is 4.79 Å². The van der Waals surface area contributed by atoms with Crippen LogP contribution < -0.4 is 0 Å². The van der Waals surface area contributed by atoms with Gasteiger partial charge >= 0.3 is 0 Å². The molecule has 5 heteroatoms. The predicted molar refractivity (Wildman–Crippen MR) is 85.1 cm³/mol. The molecule has 0 fully saturated rings. The average molecular weight is 304 g/mol. The Bertz CT molecular complexity index is 663. The number of aromatic nitrogens is 2. The molecule has 0 spiro atoms. The number of allylic oxidation sites excluding steroid dienone is 1. The molecule has 0 aliphatic heterocycles. The lowest BCUT2D eigenvalue weighted by Crippen LogP contribution is -2.06. The summed E-state index contributed by atoms with van der Waals surface area (Å²) in [6.07, 6.45) is 1.83. The monoisotopic (exact) mass is 304 g/mol. The van der Waals surface area contributed by atoms with Gasteiger partial charge in [0, 0.05) is 23.5 Å². The summed E-state index contributed by atoms with van der Waals surface area (Å²) < 4.78 is 7.57. The topological polar surface area (TPSA) is 48.0 Å². The quantitative estimate of drug-likeness (QED) is 0.462. The number of nitrogens with zero attached hydrogens (tertiary/aromatic N) is 2. The second-order valence-corrected chi connectivity index (χ2v) is 5.94. The maximum atomic E-state index is 12.4. The fraction of sp³-hybridized carbons (Fsp3) is 0.375. The molecule has 0 N–H and O–H groups in total. The van der Waals surface area contributed by atoms with Crippen LogP contribution in [0.2, 0.25) is 0 Å². The van der Waals surface area contributed by atoms with Crippen LogP contribution in [-0.2, 0) is 6.54 Å². The second-order valence-electron chi connectivity index (χ2n) is 5.02. The Hall–Kier alpha value is -1.75. The van der Waals surface area contributed by atoms with E-state index in [4.69, 9.17) is 4.42 Å². The fourth-order valence-corrected chi connectivity index (χ4v) is 3.00. The summed E-state index contributed by atoms with van der Waals surface area (Å²) in [7, 11) is 0. The van der Waals surface area contributed by atoms with Crippen molar-refractivity contribution in [2.24, 2.45) is 0 Å². The molecule has 2 rings (SSSR count). The summed E-state index contributed by atoms with van der Waals surface area (Å²) in [5.41, 5.74) is 3.69. The first kappa shape index (κ1) is 15.6. The van der Waals surface area contributed by atoms with Crippen molar-refractivity contribution >= 4 is 17.5 Å². The van der Waals surface area contributed by atoms with Crippen molar-refractivity contribution in [1.82, 2.24) is 9.55 Å². The van der Waals surface area contributed by atoms with Crippen molar-refractivity contribution in [3.8, 4) is 0 Å². The second kappa shape index (κ2) is 6.35. The maximum Gasteiger partial charge on any atom is 0.256 e. The first-order chi connectivity index (χ1) is 9.93. The Balaban J connectivity index is 2.10. The number of carbonyl (C=O) groups excluding carboxylic acids is 1. The van der Waals surface area contributed by atoms with Gasteiger partial charge in [-0.05, 0) is 33.8 Å². The van der Waals surface area contributed by atoms with E-state index in [0.717, 1.165) is 35.0 Å². The van der Waals surface area contributed by atoms with Crippen LogP contribution in [0, 0.1) is 27.7 Å². The summed E-state index contributed by atoms with van der Waals surface area (Å²) in [4.78, 5) is 16.6. The van der Waals surface area contributed by atoms with E-state index in [9.17, 15) is 4.79 Å². The van der Waals surface area contributed by atoms with E-state index in [1.807, 2.05) is 39.8 Å². The minimum atomic E-state index is 0.0944. The van der Waals surface area contributed by atoms with Crippen LogP contribution >= 0.6 is 11.8 Å². The van der Waals surface area contributed by atoms with Gasteiger partial charge in [0.05, 0.1) is 11.4 Å². The molecule has 0 aliphatic rings. The fourth-order valence-electron chi connectivity index (χ4n) is 2.20. The Kier molecular flexibility index (Phi) is 4.73. The molecular formula is C16H20N2O2S. The van der Waals surface area contributed by atoms with Crippen molar-refractivity contribution in [2.45, 2.75) is 39.5 Å². The van der Waals surface area contributed by atoms with E-state index in [1.165, 1.54) is 11.8 Å². The van der Waals surface area contributed by atoms with Crippen molar-refractivity contribution < 1.29 is 9.21 Å². The minimum absolute atomic E-state index is 0.0944. The Morgan fingerprint density at radius 2 is 2.14 bits per heavy atom. The summed E-state index contributed by atoms with van der Waals surface area (Å²) in [6.45, 7) is 12.2. The molecule has 0 saturated carbocycles. The molecule has 112 valence electrons. The van der Waals surface area contributed by atoms with Crippen LogP contribution in [0.25, 0.3) is 0 Å². The summed E-state index contributed by atoms with van der Waals surface area (Å²) >= 11 is 1.34. The zero-order valence-corrected chi connectivity index (χ0v) is 13.7. The number of hydrogen-bond acceptors (Lipinski definition) is 4. The molecular weight excluding hydrogens is 284 g/mol. The molecule has 2 aromatic heterocycles. The predicted octanol–water partition coefficient (Wildman–Crippen LogP) is 3.87. The first-order valence-electron chi connectivity index (χ1n) is 6.81.